The standard InChI is InChI=1S/C29H40FN3O2/c1-4-29-15-14-27(2,35)16-18(29)8-9-19-20-10-11-22(28(20,3)13-12-21(19)29)25(34)17-33-24-7-5-6-23(30)26(24)31-32-33/h5-7,18-22,35H,4,8-17H2,1-3H3/t18-,19-,20-,21-,22+,27+,28-,29-/m0/s1. The quantitative estimate of drug-likeness (QED) is 0.587. The van der Waals surface area contributed by atoms with Gasteiger partial charge in [0.2, 0.25) is 0 Å². The number of benzene rings is 1. The zero-order valence-electron chi connectivity index (χ0n) is 21.5. The van der Waals surface area contributed by atoms with Gasteiger partial charge in [-0.2, -0.15) is 0 Å². The Kier molecular flexibility index (Phi) is 5.45. The molecule has 8 atom stereocenters. The van der Waals surface area contributed by atoms with E-state index in [9.17, 15) is 14.3 Å². The Morgan fingerprint density at radius 3 is 2.74 bits per heavy atom. The molecule has 6 rings (SSSR count). The van der Waals surface area contributed by atoms with Crippen LogP contribution in [0.4, 0.5) is 4.39 Å². The normalized spacial score (nSPS) is 42.9. The second kappa shape index (κ2) is 8.09. The van der Waals surface area contributed by atoms with Crippen LogP contribution >= 0.6 is 0 Å². The van der Waals surface area contributed by atoms with E-state index in [2.05, 4.69) is 24.2 Å². The van der Waals surface area contributed by atoms with Crippen LogP contribution in [-0.2, 0) is 11.3 Å². The zero-order valence-corrected chi connectivity index (χ0v) is 21.5. The van der Waals surface area contributed by atoms with Crippen molar-refractivity contribution < 1.29 is 14.3 Å². The largest absolute Gasteiger partial charge is 0.390 e. The number of carbonyl (C=O) groups excluding carboxylic acids is 1. The molecule has 5 nitrogen and oxygen atoms in total. The molecule has 1 N–H and O–H groups in total. The van der Waals surface area contributed by atoms with E-state index in [1.54, 1.807) is 16.8 Å². The van der Waals surface area contributed by atoms with E-state index in [1.165, 1.54) is 31.7 Å². The number of rotatable bonds is 4. The van der Waals surface area contributed by atoms with Gasteiger partial charge in [0, 0.05) is 5.92 Å². The summed E-state index contributed by atoms with van der Waals surface area (Å²) in [5.74, 6) is 2.56. The highest BCUT2D eigenvalue weighted by Gasteiger charge is 2.62. The first-order chi connectivity index (χ1) is 16.7. The monoisotopic (exact) mass is 481 g/mol. The summed E-state index contributed by atoms with van der Waals surface area (Å²) in [4.78, 5) is 13.7. The van der Waals surface area contributed by atoms with Gasteiger partial charge >= 0.3 is 0 Å². The lowest BCUT2D eigenvalue weighted by molar-refractivity contribution is -0.158. The summed E-state index contributed by atoms with van der Waals surface area (Å²) in [6.07, 6.45) is 11.2. The molecule has 4 aliphatic rings. The van der Waals surface area contributed by atoms with Crippen molar-refractivity contribution in [1.29, 1.82) is 0 Å². The highest BCUT2D eigenvalue weighted by molar-refractivity contribution is 5.84. The molecule has 4 aliphatic carbocycles. The fourth-order valence-corrected chi connectivity index (χ4v) is 9.81. The second-order valence-corrected chi connectivity index (χ2v) is 12.9. The van der Waals surface area contributed by atoms with Gasteiger partial charge in [-0.1, -0.05) is 25.1 Å². The predicted octanol–water partition coefficient (Wildman–Crippen LogP) is 5.94. The lowest BCUT2D eigenvalue weighted by Crippen LogP contribution is -2.56. The van der Waals surface area contributed by atoms with Crippen LogP contribution in [0.1, 0.15) is 85.0 Å². The molecule has 2 aromatic rings. The van der Waals surface area contributed by atoms with Crippen LogP contribution in [0.25, 0.3) is 11.0 Å². The van der Waals surface area contributed by atoms with E-state index in [0.29, 0.717) is 28.7 Å². The average Bonchev–Trinajstić information content (AvgIpc) is 3.40. The summed E-state index contributed by atoms with van der Waals surface area (Å²) in [7, 11) is 0. The molecule has 190 valence electrons. The Bertz CT molecular complexity index is 1140. The van der Waals surface area contributed by atoms with Crippen LogP contribution in [0.3, 0.4) is 0 Å². The number of nitrogens with zero attached hydrogens (tertiary/aromatic N) is 3. The van der Waals surface area contributed by atoms with Gasteiger partial charge in [-0.3, -0.25) is 4.79 Å². The van der Waals surface area contributed by atoms with Gasteiger partial charge in [0.05, 0.1) is 11.1 Å². The van der Waals surface area contributed by atoms with Crippen LogP contribution in [-0.4, -0.2) is 31.5 Å². The van der Waals surface area contributed by atoms with Crippen LogP contribution in [0, 0.1) is 46.2 Å². The third kappa shape index (κ3) is 3.45. The smallest absolute Gasteiger partial charge is 0.157 e. The maximum Gasteiger partial charge on any atom is 0.157 e. The number of aromatic nitrogens is 3. The molecule has 4 saturated carbocycles. The summed E-state index contributed by atoms with van der Waals surface area (Å²) < 4.78 is 15.7. The molecule has 6 heteroatoms. The van der Waals surface area contributed by atoms with Crippen molar-refractivity contribution in [2.24, 2.45) is 40.4 Å². The minimum Gasteiger partial charge on any atom is -0.390 e. The number of carbonyl (C=O) groups is 1. The second-order valence-electron chi connectivity index (χ2n) is 12.9. The number of fused-ring (bicyclic) bond motifs is 6. The number of hydrogen-bond donors (Lipinski definition) is 1. The van der Waals surface area contributed by atoms with Crippen molar-refractivity contribution in [2.75, 3.05) is 0 Å². The molecule has 0 amide bonds. The Hall–Kier alpha value is -1.82. The summed E-state index contributed by atoms with van der Waals surface area (Å²) >= 11 is 0. The maximum absolute atomic E-state index is 14.1. The van der Waals surface area contributed by atoms with Crippen LogP contribution < -0.4 is 0 Å². The molecule has 0 radical (unpaired) electrons. The Labute approximate surface area is 207 Å². The van der Waals surface area contributed by atoms with E-state index in [0.717, 1.165) is 44.4 Å². The number of hydrogen-bond acceptors (Lipinski definition) is 4. The van der Waals surface area contributed by atoms with E-state index >= 15 is 0 Å². The van der Waals surface area contributed by atoms with E-state index in [4.69, 9.17) is 0 Å². The zero-order chi connectivity index (χ0) is 24.6. The molecule has 0 unspecified atom stereocenters. The molecular formula is C29H40FN3O2. The first kappa shape index (κ1) is 23.6. The fraction of sp³-hybridized carbons (Fsp3) is 0.759. The first-order valence-electron chi connectivity index (χ1n) is 13.9. The topological polar surface area (TPSA) is 68.0 Å². The molecule has 1 aromatic heterocycles. The SMILES string of the molecule is CC[C@]12CC[C@@](C)(O)C[C@@H]1CC[C@H]1[C@@H]3CC[C@H](C(=O)Cn4nnc5c(F)cccc54)[C@@]3(C)CC[C@@H]12. The summed E-state index contributed by atoms with van der Waals surface area (Å²) in [6.45, 7) is 6.99. The molecular weight excluding hydrogens is 441 g/mol. The highest BCUT2D eigenvalue weighted by Crippen LogP contribution is 2.69. The molecule has 0 saturated heterocycles. The van der Waals surface area contributed by atoms with Gasteiger partial charge < -0.3 is 5.11 Å². The third-order valence-electron chi connectivity index (χ3n) is 11.5. The van der Waals surface area contributed by atoms with Gasteiger partial charge in [0.25, 0.3) is 0 Å². The lowest BCUT2D eigenvalue weighted by Gasteiger charge is -2.63. The van der Waals surface area contributed by atoms with Crippen LogP contribution in [0.2, 0.25) is 0 Å². The molecule has 0 spiro atoms. The molecule has 1 aromatic carbocycles. The van der Waals surface area contributed by atoms with Gasteiger partial charge in [-0.25, -0.2) is 9.07 Å². The first-order valence-corrected chi connectivity index (χ1v) is 13.9. The van der Waals surface area contributed by atoms with Crippen molar-refractivity contribution in [1.82, 2.24) is 15.0 Å². The van der Waals surface area contributed by atoms with Crippen molar-refractivity contribution >= 4 is 16.8 Å². The molecule has 0 aliphatic heterocycles. The third-order valence-corrected chi connectivity index (χ3v) is 11.5. The number of aliphatic hydroxyl groups is 1. The molecule has 0 bridgehead atoms. The summed E-state index contributed by atoms with van der Waals surface area (Å²) in [5.41, 5.74) is 0.751. The Balaban J connectivity index is 1.23. The van der Waals surface area contributed by atoms with Gasteiger partial charge in [0.1, 0.15) is 12.1 Å². The van der Waals surface area contributed by atoms with Gasteiger partial charge in [-0.15, -0.1) is 5.10 Å². The van der Waals surface area contributed by atoms with E-state index in [-0.39, 0.29) is 29.2 Å². The number of ketones is 1. The molecule has 4 fully saturated rings. The molecule has 35 heavy (non-hydrogen) atoms. The van der Waals surface area contributed by atoms with Crippen LogP contribution in [0.15, 0.2) is 18.2 Å². The minimum atomic E-state index is -0.501. The maximum atomic E-state index is 14.1. The van der Waals surface area contributed by atoms with Crippen LogP contribution in [0.5, 0.6) is 0 Å². The van der Waals surface area contributed by atoms with Crippen molar-refractivity contribution in [3.63, 3.8) is 0 Å². The average molecular weight is 482 g/mol. The molecule has 1 heterocycles. The Morgan fingerprint density at radius 2 is 1.94 bits per heavy atom. The van der Waals surface area contributed by atoms with Crippen molar-refractivity contribution in [2.45, 2.75) is 97.1 Å². The van der Waals surface area contributed by atoms with E-state index < -0.39 is 11.4 Å². The summed E-state index contributed by atoms with van der Waals surface area (Å²) in [6, 6.07) is 4.83. The fourth-order valence-electron chi connectivity index (χ4n) is 9.81. The number of Topliss-reactive ketones (excluding diaryl/α,β-unsaturated/α-hetero) is 1. The minimum absolute atomic E-state index is 0.0435. The summed E-state index contributed by atoms with van der Waals surface area (Å²) in [5, 5.41) is 18.9. The van der Waals surface area contributed by atoms with Gasteiger partial charge in [0.15, 0.2) is 11.6 Å². The van der Waals surface area contributed by atoms with Crippen molar-refractivity contribution in [3.05, 3.63) is 24.0 Å². The number of halogens is 1. The van der Waals surface area contributed by atoms with E-state index in [1.807, 2.05) is 6.92 Å². The predicted molar refractivity (Wildman–Crippen MR) is 133 cm³/mol. The highest BCUT2D eigenvalue weighted by atomic mass is 19.1. The lowest BCUT2D eigenvalue weighted by atomic mass is 9.42. The Morgan fingerprint density at radius 1 is 1.11 bits per heavy atom. The van der Waals surface area contributed by atoms with Crippen molar-refractivity contribution in [3.8, 4) is 0 Å². The van der Waals surface area contributed by atoms with Gasteiger partial charge in [-0.05, 0) is 118 Å².